The maximum atomic E-state index is 11.5. The number of rotatable bonds is 16. The third kappa shape index (κ3) is 19.0. The van der Waals surface area contributed by atoms with Gasteiger partial charge in [-0.1, -0.05) is 64.7 Å². The number of likely N-dealkylation sites (N-methyl/N-ethyl adjacent to an activating group) is 1. The summed E-state index contributed by atoms with van der Waals surface area (Å²) >= 11 is 0. The van der Waals surface area contributed by atoms with E-state index in [0.29, 0.717) is 13.2 Å². The minimum atomic E-state index is -0.505. The minimum Gasteiger partial charge on any atom is -0.463 e. The quantitative estimate of drug-likeness (QED) is 0.176. The van der Waals surface area contributed by atoms with E-state index >= 15 is 0 Å². The number of carbonyl (C=O) groups excluding carboxylic acids is 2. The highest BCUT2D eigenvalue weighted by Crippen LogP contribution is 2.10. The van der Waals surface area contributed by atoms with Crippen molar-refractivity contribution >= 4 is 11.9 Å². The molecule has 0 aliphatic rings. The monoisotopic (exact) mass is 370 g/mol. The SMILES string of the molecule is CCCCCCCCCCCCOC(=O)/C=C\C(=O)OCC[N+](C)(C)C. The maximum absolute atomic E-state index is 11.5. The fourth-order valence-corrected chi connectivity index (χ4v) is 2.41. The zero-order chi connectivity index (χ0) is 19.7. The van der Waals surface area contributed by atoms with Gasteiger partial charge in [0.05, 0.1) is 27.7 Å². The summed E-state index contributed by atoms with van der Waals surface area (Å²) in [5, 5.41) is 0. The van der Waals surface area contributed by atoms with Crippen LogP contribution in [0.25, 0.3) is 0 Å². The normalized spacial score (nSPS) is 11.7. The number of quaternary nitrogens is 1. The Hall–Kier alpha value is -1.36. The van der Waals surface area contributed by atoms with Gasteiger partial charge in [-0.2, -0.15) is 0 Å². The average molecular weight is 371 g/mol. The molecule has 0 atom stereocenters. The Morgan fingerprint density at radius 3 is 1.58 bits per heavy atom. The summed E-state index contributed by atoms with van der Waals surface area (Å²) in [6.45, 7) is 3.71. The van der Waals surface area contributed by atoms with Gasteiger partial charge in [-0.3, -0.25) is 0 Å². The lowest BCUT2D eigenvalue weighted by atomic mass is 10.1. The molecule has 0 aromatic rings. The molecule has 0 aromatic heterocycles. The van der Waals surface area contributed by atoms with E-state index in [1.54, 1.807) is 0 Å². The van der Waals surface area contributed by atoms with E-state index in [0.717, 1.165) is 36.0 Å². The molecule has 26 heavy (non-hydrogen) atoms. The van der Waals surface area contributed by atoms with E-state index in [-0.39, 0.29) is 0 Å². The molecule has 5 heteroatoms. The summed E-state index contributed by atoms with van der Waals surface area (Å²) in [5.74, 6) is -0.987. The van der Waals surface area contributed by atoms with E-state index in [9.17, 15) is 9.59 Å². The summed E-state index contributed by atoms with van der Waals surface area (Å²) < 4.78 is 10.8. The van der Waals surface area contributed by atoms with Gasteiger partial charge in [-0.05, 0) is 6.42 Å². The van der Waals surface area contributed by atoms with Gasteiger partial charge in [0, 0.05) is 12.2 Å². The topological polar surface area (TPSA) is 52.6 Å². The molecule has 0 rings (SSSR count). The predicted molar refractivity (Wildman–Crippen MR) is 106 cm³/mol. The molecular weight excluding hydrogens is 330 g/mol. The zero-order valence-electron chi connectivity index (χ0n) is 17.4. The van der Waals surface area contributed by atoms with Crippen molar-refractivity contribution in [2.24, 2.45) is 0 Å². The second-order valence-electron chi connectivity index (χ2n) is 7.86. The third-order valence-corrected chi connectivity index (χ3v) is 4.10. The first kappa shape index (κ1) is 24.6. The molecule has 0 unspecified atom stereocenters. The number of hydrogen-bond acceptors (Lipinski definition) is 4. The van der Waals surface area contributed by atoms with E-state index in [2.05, 4.69) is 6.92 Å². The van der Waals surface area contributed by atoms with E-state index in [1.807, 2.05) is 21.1 Å². The Morgan fingerprint density at radius 2 is 1.12 bits per heavy atom. The summed E-state index contributed by atoms with van der Waals surface area (Å²) in [6, 6.07) is 0. The molecule has 0 fully saturated rings. The number of ether oxygens (including phenoxy) is 2. The highest BCUT2D eigenvalue weighted by atomic mass is 16.5. The van der Waals surface area contributed by atoms with Gasteiger partial charge in [0.15, 0.2) is 0 Å². The van der Waals surface area contributed by atoms with Crippen LogP contribution >= 0.6 is 0 Å². The Bertz CT molecular complexity index is 399. The Balaban J connectivity index is 3.49. The van der Waals surface area contributed by atoms with Crippen molar-refractivity contribution in [2.45, 2.75) is 71.1 Å². The molecule has 0 amide bonds. The molecule has 0 aliphatic carbocycles. The Labute approximate surface area is 160 Å². The van der Waals surface area contributed by atoms with Crippen molar-refractivity contribution in [3.63, 3.8) is 0 Å². The van der Waals surface area contributed by atoms with Crippen molar-refractivity contribution in [2.75, 3.05) is 40.9 Å². The first-order valence-corrected chi connectivity index (χ1v) is 10.2. The van der Waals surface area contributed by atoms with Crippen LogP contribution < -0.4 is 0 Å². The predicted octanol–water partition coefficient (Wildman–Crippen LogP) is 4.26. The van der Waals surface area contributed by atoms with Gasteiger partial charge >= 0.3 is 11.9 Å². The number of carbonyl (C=O) groups is 2. The number of nitrogens with zero attached hydrogens (tertiary/aromatic N) is 1. The van der Waals surface area contributed by atoms with Crippen LogP contribution in [0, 0.1) is 0 Å². The van der Waals surface area contributed by atoms with Crippen LogP contribution in [-0.4, -0.2) is 57.3 Å². The van der Waals surface area contributed by atoms with Crippen molar-refractivity contribution in [1.29, 1.82) is 0 Å². The summed E-state index contributed by atoms with van der Waals surface area (Å²) in [5.41, 5.74) is 0. The smallest absolute Gasteiger partial charge is 0.331 e. The summed E-state index contributed by atoms with van der Waals surface area (Å²) in [7, 11) is 6.07. The van der Waals surface area contributed by atoms with Crippen LogP contribution in [0.1, 0.15) is 71.1 Å². The lowest BCUT2D eigenvalue weighted by molar-refractivity contribution is -0.870. The van der Waals surface area contributed by atoms with Gasteiger partial charge in [0.25, 0.3) is 0 Å². The molecule has 0 spiro atoms. The second kappa shape index (κ2) is 15.9. The van der Waals surface area contributed by atoms with Gasteiger partial charge in [-0.15, -0.1) is 0 Å². The van der Waals surface area contributed by atoms with E-state index in [4.69, 9.17) is 9.47 Å². The van der Waals surface area contributed by atoms with Crippen molar-refractivity contribution in [3.8, 4) is 0 Å². The lowest BCUT2D eigenvalue weighted by Gasteiger charge is -2.23. The summed E-state index contributed by atoms with van der Waals surface area (Å²) in [4.78, 5) is 23.0. The zero-order valence-corrected chi connectivity index (χ0v) is 17.4. The molecule has 0 bridgehead atoms. The molecule has 5 nitrogen and oxygen atoms in total. The van der Waals surface area contributed by atoms with Crippen LogP contribution in [0.15, 0.2) is 12.2 Å². The molecule has 152 valence electrons. The van der Waals surface area contributed by atoms with Crippen LogP contribution in [0.2, 0.25) is 0 Å². The number of hydrogen-bond donors (Lipinski definition) is 0. The molecule has 0 N–H and O–H groups in total. The lowest BCUT2D eigenvalue weighted by Crippen LogP contribution is -2.37. The third-order valence-electron chi connectivity index (χ3n) is 4.10. The fraction of sp³-hybridized carbons (Fsp3) is 0.810. The van der Waals surface area contributed by atoms with Gasteiger partial charge in [-0.25, -0.2) is 9.59 Å². The molecule has 0 saturated heterocycles. The van der Waals surface area contributed by atoms with Crippen LogP contribution in [0.4, 0.5) is 0 Å². The molecule has 0 saturated carbocycles. The van der Waals surface area contributed by atoms with Crippen molar-refractivity contribution < 1.29 is 23.5 Å². The number of unbranched alkanes of at least 4 members (excludes halogenated alkanes) is 9. The molecule has 0 radical (unpaired) electrons. The van der Waals surface area contributed by atoms with Gasteiger partial charge in [0.2, 0.25) is 0 Å². The number of esters is 2. The Morgan fingerprint density at radius 1 is 0.692 bits per heavy atom. The standard InChI is InChI=1S/C21H40NO4/c1-5-6-7-8-9-10-11-12-13-14-18-25-20(23)15-16-21(24)26-19-17-22(2,3)4/h15-16H,5-14,17-19H2,1-4H3/q+1/b16-15-. The van der Waals surface area contributed by atoms with Gasteiger partial charge < -0.3 is 14.0 Å². The van der Waals surface area contributed by atoms with E-state index < -0.39 is 11.9 Å². The van der Waals surface area contributed by atoms with Crippen LogP contribution in [-0.2, 0) is 19.1 Å². The largest absolute Gasteiger partial charge is 0.463 e. The second-order valence-corrected chi connectivity index (χ2v) is 7.86. The van der Waals surface area contributed by atoms with Crippen molar-refractivity contribution in [3.05, 3.63) is 12.2 Å². The van der Waals surface area contributed by atoms with Crippen molar-refractivity contribution in [1.82, 2.24) is 0 Å². The average Bonchev–Trinajstić information content (AvgIpc) is 2.56. The highest BCUT2D eigenvalue weighted by molar-refractivity contribution is 5.91. The van der Waals surface area contributed by atoms with Crippen LogP contribution in [0.5, 0.6) is 0 Å². The molecule has 0 heterocycles. The first-order chi connectivity index (χ1) is 12.3. The Kier molecular flexibility index (Phi) is 15.0. The highest BCUT2D eigenvalue weighted by Gasteiger charge is 2.08. The molecule has 0 aromatic carbocycles. The first-order valence-electron chi connectivity index (χ1n) is 10.2. The maximum Gasteiger partial charge on any atom is 0.331 e. The van der Waals surface area contributed by atoms with Crippen LogP contribution in [0.3, 0.4) is 0 Å². The summed E-state index contributed by atoms with van der Waals surface area (Å²) in [6.07, 6.45) is 14.7. The van der Waals surface area contributed by atoms with Gasteiger partial charge in [0.1, 0.15) is 13.2 Å². The molecule has 0 aliphatic heterocycles. The minimum absolute atomic E-state index is 0.334. The van der Waals surface area contributed by atoms with E-state index in [1.165, 1.54) is 51.4 Å². The fourth-order valence-electron chi connectivity index (χ4n) is 2.41. The molecular formula is C21H40NO4+.